The molecule has 15 heavy (non-hydrogen) atoms. The van der Waals surface area contributed by atoms with Crippen molar-refractivity contribution in [1.29, 1.82) is 0 Å². The van der Waals surface area contributed by atoms with E-state index in [1.165, 1.54) is 44.9 Å². The third kappa shape index (κ3) is 1.61. The lowest BCUT2D eigenvalue weighted by Gasteiger charge is -2.07. The van der Waals surface area contributed by atoms with E-state index in [9.17, 15) is 0 Å². The van der Waals surface area contributed by atoms with Crippen LogP contribution in [-0.2, 0) is 26.3 Å². The topological polar surface area (TPSA) is 30.9 Å². The molecule has 0 aliphatic heterocycles. The number of hydrogen-bond donors (Lipinski definition) is 1. The van der Waals surface area contributed by atoms with Crippen molar-refractivity contribution in [2.24, 2.45) is 12.8 Å². The van der Waals surface area contributed by atoms with E-state index in [0.29, 0.717) is 0 Å². The molecule has 2 nitrogen and oxygen atoms in total. The van der Waals surface area contributed by atoms with Crippen LogP contribution in [0.2, 0.25) is 0 Å². The normalized spacial score (nSPS) is 21.7. The van der Waals surface area contributed by atoms with Crippen molar-refractivity contribution in [3.63, 3.8) is 0 Å². The van der Waals surface area contributed by atoms with Crippen molar-refractivity contribution in [2.45, 2.75) is 50.5 Å². The lowest BCUT2D eigenvalue weighted by molar-refractivity contribution is 0.607. The maximum atomic E-state index is 6.14. The molecule has 1 fully saturated rings. The molecule has 1 aromatic heterocycles. The van der Waals surface area contributed by atoms with Crippen LogP contribution in [0.15, 0.2) is 6.20 Å². The second-order valence-electron chi connectivity index (χ2n) is 5.41. The van der Waals surface area contributed by atoms with Crippen LogP contribution in [0.4, 0.5) is 0 Å². The first-order valence-electron chi connectivity index (χ1n) is 6.13. The fraction of sp³-hybridized carbons (Fsp3) is 0.692. The van der Waals surface area contributed by atoms with E-state index in [4.69, 9.17) is 5.73 Å². The van der Waals surface area contributed by atoms with E-state index >= 15 is 0 Å². The van der Waals surface area contributed by atoms with Crippen LogP contribution in [0.1, 0.15) is 42.5 Å². The minimum atomic E-state index is 0.210. The number of aryl methyl sites for hydroxylation is 2. The lowest BCUT2D eigenvalue weighted by atomic mass is 10.0. The number of nitrogens with zero attached hydrogens (tertiary/aromatic N) is 1. The van der Waals surface area contributed by atoms with Gasteiger partial charge in [0.05, 0.1) is 0 Å². The molecule has 0 amide bonds. The summed E-state index contributed by atoms with van der Waals surface area (Å²) in [7, 11) is 2.18. The average Bonchev–Trinajstić information content (AvgIpc) is 2.65. The van der Waals surface area contributed by atoms with Crippen molar-refractivity contribution in [3.05, 3.63) is 23.0 Å². The van der Waals surface area contributed by atoms with Gasteiger partial charge in [-0.2, -0.15) is 0 Å². The molecule has 0 radical (unpaired) electrons. The van der Waals surface area contributed by atoms with Gasteiger partial charge in [-0.15, -0.1) is 0 Å². The highest BCUT2D eigenvalue weighted by Gasteiger charge is 2.37. The molecule has 1 saturated carbocycles. The van der Waals surface area contributed by atoms with E-state index in [1.807, 2.05) is 0 Å². The fourth-order valence-electron chi connectivity index (χ4n) is 2.86. The van der Waals surface area contributed by atoms with Gasteiger partial charge in [-0.1, -0.05) is 0 Å². The summed E-state index contributed by atoms with van der Waals surface area (Å²) in [4.78, 5) is 0. The van der Waals surface area contributed by atoms with Crippen molar-refractivity contribution in [2.75, 3.05) is 0 Å². The van der Waals surface area contributed by atoms with Crippen LogP contribution >= 0.6 is 0 Å². The van der Waals surface area contributed by atoms with Crippen molar-refractivity contribution in [1.82, 2.24) is 4.57 Å². The molecule has 0 bridgehead atoms. The number of nitrogens with two attached hydrogens (primary N) is 1. The third-order valence-corrected chi connectivity index (χ3v) is 4.14. The summed E-state index contributed by atoms with van der Waals surface area (Å²) >= 11 is 0. The summed E-state index contributed by atoms with van der Waals surface area (Å²) in [5, 5.41) is 0. The molecule has 0 aromatic carbocycles. The van der Waals surface area contributed by atoms with Crippen molar-refractivity contribution < 1.29 is 0 Å². The Hall–Kier alpha value is -0.760. The zero-order valence-corrected chi connectivity index (χ0v) is 9.55. The number of aromatic nitrogens is 1. The second kappa shape index (κ2) is 3.11. The zero-order valence-electron chi connectivity index (χ0n) is 9.55. The Morgan fingerprint density at radius 3 is 2.93 bits per heavy atom. The predicted molar refractivity (Wildman–Crippen MR) is 61.9 cm³/mol. The number of rotatable bonds is 3. The molecular weight excluding hydrogens is 184 g/mol. The van der Waals surface area contributed by atoms with Crippen molar-refractivity contribution in [3.8, 4) is 0 Å². The molecule has 2 aliphatic carbocycles. The van der Waals surface area contributed by atoms with E-state index in [1.54, 1.807) is 16.8 Å². The van der Waals surface area contributed by atoms with Crippen LogP contribution in [-0.4, -0.2) is 10.1 Å². The van der Waals surface area contributed by atoms with Crippen LogP contribution < -0.4 is 5.73 Å². The first-order chi connectivity index (χ1) is 7.18. The first-order valence-corrected chi connectivity index (χ1v) is 6.13. The van der Waals surface area contributed by atoms with Crippen LogP contribution in [0.25, 0.3) is 0 Å². The highest BCUT2D eigenvalue weighted by Crippen LogP contribution is 2.37. The Bertz CT molecular complexity index is 385. The van der Waals surface area contributed by atoms with E-state index in [-0.39, 0.29) is 5.54 Å². The van der Waals surface area contributed by atoms with Gasteiger partial charge in [-0.25, -0.2) is 0 Å². The molecule has 1 heterocycles. The summed E-state index contributed by atoms with van der Waals surface area (Å²) in [6, 6.07) is 0. The molecule has 82 valence electrons. The van der Waals surface area contributed by atoms with Crippen LogP contribution in [0.3, 0.4) is 0 Å². The van der Waals surface area contributed by atoms with E-state index < -0.39 is 0 Å². The standard InChI is InChI=1S/C13H20N2/c1-15-9-10(5-6-13(14)7-8-13)11-3-2-4-12(11)15/h9H,2-8,14H2,1H3. The highest BCUT2D eigenvalue weighted by atomic mass is 14.9. The molecule has 2 heteroatoms. The maximum Gasteiger partial charge on any atom is 0.0206 e. The predicted octanol–water partition coefficient (Wildman–Crippen LogP) is 1.94. The van der Waals surface area contributed by atoms with Crippen molar-refractivity contribution >= 4 is 0 Å². The van der Waals surface area contributed by atoms with Crippen LogP contribution in [0.5, 0.6) is 0 Å². The monoisotopic (exact) mass is 204 g/mol. The molecule has 0 spiro atoms. The van der Waals surface area contributed by atoms with Gasteiger partial charge in [0.2, 0.25) is 0 Å². The summed E-state index contributed by atoms with van der Waals surface area (Å²) in [5.74, 6) is 0. The summed E-state index contributed by atoms with van der Waals surface area (Å²) in [6.07, 6.45) is 11.1. The Labute approximate surface area is 91.5 Å². The quantitative estimate of drug-likeness (QED) is 0.801. The number of fused-ring (bicyclic) bond motifs is 1. The first kappa shape index (κ1) is 9.46. The number of hydrogen-bond acceptors (Lipinski definition) is 1. The Morgan fingerprint density at radius 2 is 2.20 bits per heavy atom. The van der Waals surface area contributed by atoms with Gasteiger partial charge < -0.3 is 10.3 Å². The van der Waals surface area contributed by atoms with Gasteiger partial charge in [0.15, 0.2) is 0 Å². The molecule has 0 unspecified atom stereocenters. The summed E-state index contributed by atoms with van der Waals surface area (Å²) in [5.41, 5.74) is 11.1. The van der Waals surface area contributed by atoms with Gasteiger partial charge in [0, 0.05) is 24.5 Å². The molecule has 3 rings (SSSR count). The van der Waals surface area contributed by atoms with Gasteiger partial charge >= 0.3 is 0 Å². The molecular formula is C13H20N2. The molecule has 0 saturated heterocycles. The molecule has 0 atom stereocenters. The minimum Gasteiger partial charge on any atom is -0.354 e. The Kier molecular flexibility index (Phi) is 1.96. The fourth-order valence-corrected chi connectivity index (χ4v) is 2.86. The molecule has 1 aromatic rings. The second-order valence-corrected chi connectivity index (χ2v) is 5.41. The van der Waals surface area contributed by atoms with Crippen LogP contribution in [0, 0.1) is 0 Å². The van der Waals surface area contributed by atoms with E-state index in [0.717, 1.165) is 0 Å². The summed E-state index contributed by atoms with van der Waals surface area (Å²) in [6.45, 7) is 0. The van der Waals surface area contributed by atoms with Gasteiger partial charge in [0.25, 0.3) is 0 Å². The maximum absolute atomic E-state index is 6.14. The lowest BCUT2D eigenvalue weighted by Crippen LogP contribution is -2.22. The zero-order chi connectivity index (χ0) is 10.5. The Balaban J connectivity index is 1.77. The average molecular weight is 204 g/mol. The Morgan fingerprint density at radius 1 is 1.40 bits per heavy atom. The largest absolute Gasteiger partial charge is 0.354 e. The van der Waals surface area contributed by atoms with Gasteiger partial charge in [-0.3, -0.25) is 0 Å². The highest BCUT2D eigenvalue weighted by molar-refractivity contribution is 5.36. The van der Waals surface area contributed by atoms with Gasteiger partial charge in [-0.05, 0) is 56.1 Å². The smallest absolute Gasteiger partial charge is 0.0206 e. The molecule has 2 aliphatic rings. The SMILES string of the molecule is Cn1cc(CCC2(N)CC2)c2c1CCC2. The van der Waals surface area contributed by atoms with E-state index in [2.05, 4.69) is 17.8 Å². The third-order valence-electron chi connectivity index (χ3n) is 4.14. The molecule has 2 N–H and O–H groups in total. The minimum absolute atomic E-state index is 0.210. The van der Waals surface area contributed by atoms with Gasteiger partial charge in [0.1, 0.15) is 0 Å². The summed E-state index contributed by atoms with van der Waals surface area (Å²) < 4.78 is 2.33.